The van der Waals surface area contributed by atoms with Crippen LogP contribution >= 0.6 is 11.6 Å². The number of benzene rings is 2. The topological polar surface area (TPSA) is 200 Å². The van der Waals surface area contributed by atoms with E-state index in [9.17, 15) is 39.9 Å². The first-order chi connectivity index (χ1) is 17.7. The second-order valence-corrected chi connectivity index (χ2v) is 9.00. The van der Waals surface area contributed by atoms with Gasteiger partial charge in [0.15, 0.2) is 17.2 Å². The molecule has 0 aliphatic carbocycles. The molecule has 16 heteroatoms. The Labute approximate surface area is 219 Å². The molecular weight excluding hydrogens is 534 g/mol. The third-order valence-corrected chi connectivity index (χ3v) is 5.48. The van der Waals surface area contributed by atoms with Crippen LogP contribution in [0.5, 0.6) is 5.75 Å². The Morgan fingerprint density at radius 1 is 0.763 bits per heavy atom. The van der Waals surface area contributed by atoms with Gasteiger partial charge in [-0.05, 0) is 62.4 Å². The molecular formula is C22H22ClN3O12. The Morgan fingerprint density at radius 3 is 1.55 bits per heavy atom. The van der Waals surface area contributed by atoms with Crippen LogP contribution in [0.15, 0.2) is 48.5 Å². The predicted octanol–water partition coefficient (Wildman–Crippen LogP) is 3.30. The standard InChI is InChI=1S/C22H22ClN3O12/c1-21(2,38-18-9-5-16(6-10-18)20(28)15-3-7-17(23)8-4-15)19(27)11-22(12-35-24(29)30,13-36-25(31)32)14-37-26(33)34/h3-10H,11-14H2,1-2H3. The largest absolute Gasteiger partial charge is 0.480 e. The normalized spacial score (nSPS) is 11.2. The van der Waals surface area contributed by atoms with Crippen LogP contribution in [0.1, 0.15) is 36.2 Å². The molecule has 0 bridgehead atoms. The molecule has 0 N–H and O–H groups in total. The molecule has 2 aromatic carbocycles. The van der Waals surface area contributed by atoms with Crippen molar-refractivity contribution in [2.75, 3.05) is 19.8 Å². The van der Waals surface area contributed by atoms with Gasteiger partial charge in [0.25, 0.3) is 15.3 Å². The zero-order chi connectivity index (χ0) is 28.5. The van der Waals surface area contributed by atoms with Crippen molar-refractivity contribution in [3.63, 3.8) is 0 Å². The third-order valence-electron chi connectivity index (χ3n) is 5.23. The van der Waals surface area contributed by atoms with Crippen molar-refractivity contribution in [2.45, 2.75) is 25.9 Å². The van der Waals surface area contributed by atoms with Crippen molar-refractivity contribution in [3.8, 4) is 5.75 Å². The molecule has 0 saturated heterocycles. The second kappa shape index (κ2) is 12.6. The van der Waals surface area contributed by atoms with E-state index < -0.39 is 58.3 Å². The Morgan fingerprint density at radius 2 is 1.16 bits per heavy atom. The highest BCUT2D eigenvalue weighted by Gasteiger charge is 2.42. The van der Waals surface area contributed by atoms with Crippen LogP contribution in [0, 0.1) is 35.8 Å². The average Bonchev–Trinajstić information content (AvgIpc) is 2.85. The molecule has 204 valence electrons. The van der Waals surface area contributed by atoms with E-state index in [-0.39, 0.29) is 11.5 Å². The number of carbonyl (C=O) groups is 2. The van der Waals surface area contributed by atoms with Gasteiger partial charge in [0.2, 0.25) is 0 Å². The monoisotopic (exact) mass is 555 g/mol. The Kier molecular flexibility index (Phi) is 9.87. The molecule has 0 atom stereocenters. The average molecular weight is 556 g/mol. The molecule has 2 aromatic rings. The van der Waals surface area contributed by atoms with E-state index in [0.717, 1.165) is 0 Å². The molecule has 0 amide bonds. The summed E-state index contributed by atoms with van der Waals surface area (Å²) in [5.41, 5.74) is -2.89. The van der Waals surface area contributed by atoms with Gasteiger partial charge in [0, 0.05) is 28.0 Å². The molecule has 0 saturated carbocycles. The van der Waals surface area contributed by atoms with E-state index in [1.807, 2.05) is 0 Å². The van der Waals surface area contributed by atoms with Crippen LogP contribution in [0.4, 0.5) is 0 Å². The van der Waals surface area contributed by atoms with E-state index in [0.29, 0.717) is 16.1 Å². The van der Waals surface area contributed by atoms with Gasteiger partial charge >= 0.3 is 0 Å². The fourth-order valence-corrected chi connectivity index (χ4v) is 3.32. The number of carbonyl (C=O) groups excluding carboxylic acids is 2. The van der Waals surface area contributed by atoms with Gasteiger partial charge in [0.1, 0.15) is 25.6 Å². The summed E-state index contributed by atoms with van der Waals surface area (Å²) < 4.78 is 5.74. The van der Waals surface area contributed by atoms with Crippen molar-refractivity contribution in [1.82, 2.24) is 0 Å². The van der Waals surface area contributed by atoms with E-state index in [1.165, 1.54) is 38.1 Å². The molecule has 0 radical (unpaired) electrons. The first-order valence-corrected chi connectivity index (χ1v) is 11.1. The zero-order valence-corrected chi connectivity index (χ0v) is 20.8. The Hall–Kier alpha value is -4.53. The lowest BCUT2D eigenvalue weighted by molar-refractivity contribution is -0.782. The quantitative estimate of drug-likeness (QED) is 0.166. The summed E-state index contributed by atoms with van der Waals surface area (Å²) in [5, 5.41) is 28.9. The van der Waals surface area contributed by atoms with E-state index in [4.69, 9.17) is 16.3 Å². The molecule has 38 heavy (non-hydrogen) atoms. The van der Waals surface area contributed by atoms with Crippen LogP contribution in [0.2, 0.25) is 5.02 Å². The van der Waals surface area contributed by atoms with Gasteiger partial charge in [-0.15, -0.1) is 30.3 Å². The SMILES string of the molecule is CC(C)(Oc1ccc(C(=O)c2ccc(Cl)cc2)cc1)C(=O)CC(CO[N+](=O)[O-])(CO[N+](=O)[O-])CO[N+](=O)[O-]. The number of hydrogen-bond donors (Lipinski definition) is 0. The van der Waals surface area contributed by atoms with Crippen LogP contribution in [-0.4, -0.2) is 52.2 Å². The number of ether oxygens (including phenoxy) is 1. The van der Waals surface area contributed by atoms with Crippen LogP contribution in [-0.2, 0) is 19.3 Å². The Bertz CT molecular complexity index is 1140. The smallest absolute Gasteiger partial charge is 0.294 e. The minimum absolute atomic E-state index is 0.172. The molecule has 0 unspecified atom stereocenters. The maximum absolute atomic E-state index is 13.1. The summed E-state index contributed by atoms with van der Waals surface area (Å²) in [6.07, 6.45) is -0.747. The highest BCUT2D eigenvalue weighted by atomic mass is 35.5. The number of halogens is 1. The van der Waals surface area contributed by atoms with Crippen LogP contribution < -0.4 is 4.74 Å². The maximum atomic E-state index is 13.1. The fourth-order valence-electron chi connectivity index (χ4n) is 3.19. The molecule has 15 nitrogen and oxygen atoms in total. The van der Waals surface area contributed by atoms with Crippen molar-refractivity contribution in [3.05, 3.63) is 95.0 Å². The van der Waals surface area contributed by atoms with Crippen LogP contribution in [0.3, 0.4) is 0 Å². The van der Waals surface area contributed by atoms with E-state index in [2.05, 4.69) is 14.5 Å². The van der Waals surface area contributed by atoms with Gasteiger partial charge in [0.05, 0.1) is 0 Å². The van der Waals surface area contributed by atoms with Gasteiger partial charge in [-0.3, -0.25) is 9.59 Å². The summed E-state index contributed by atoms with van der Waals surface area (Å²) in [6.45, 7) is -0.241. The van der Waals surface area contributed by atoms with Crippen molar-refractivity contribution in [1.29, 1.82) is 0 Å². The molecule has 0 fully saturated rings. The number of rotatable bonds is 16. The van der Waals surface area contributed by atoms with Gasteiger partial charge < -0.3 is 19.2 Å². The van der Waals surface area contributed by atoms with Crippen molar-refractivity contribution < 1.29 is 44.1 Å². The molecule has 0 heterocycles. The zero-order valence-electron chi connectivity index (χ0n) is 20.1. The molecule has 0 aliphatic rings. The summed E-state index contributed by atoms with van der Waals surface area (Å²) in [7, 11) is 0. The fraction of sp³-hybridized carbons (Fsp3) is 0.364. The maximum Gasteiger partial charge on any atom is 0.294 e. The summed E-state index contributed by atoms with van der Waals surface area (Å²) >= 11 is 5.84. The molecule has 2 rings (SSSR count). The number of Topliss-reactive ketones (excluding diaryl/α,β-unsaturated/α-hetero) is 1. The molecule has 0 aromatic heterocycles. The summed E-state index contributed by atoms with van der Waals surface area (Å²) in [4.78, 5) is 70.7. The van der Waals surface area contributed by atoms with Gasteiger partial charge in [-0.25, -0.2) is 0 Å². The van der Waals surface area contributed by atoms with E-state index >= 15 is 0 Å². The summed E-state index contributed by atoms with van der Waals surface area (Å²) in [5.74, 6) is -0.869. The third kappa shape index (κ3) is 8.85. The molecule has 0 spiro atoms. The second-order valence-electron chi connectivity index (χ2n) is 8.56. The minimum Gasteiger partial charge on any atom is -0.480 e. The van der Waals surface area contributed by atoms with Crippen molar-refractivity contribution in [2.24, 2.45) is 5.41 Å². The first kappa shape index (κ1) is 29.7. The summed E-state index contributed by atoms with van der Waals surface area (Å²) in [6, 6.07) is 12.1. The lowest BCUT2D eigenvalue weighted by atomic mass is 9.81. The highest BCUT2D eigenvalue weighted by molar-refractivity contribution is 6.30. The predicted molar refractivity (Wildman–Crippen MR) is 127 cm³/mol. The highest BCUT2D eigenvalue weighted by Crippen LogP contribution is 2.30. The Balaban J connectivity index is 2.21. The lowest BCUT2D eigenvalue weighted by Gasteiger charge is -2.33. The molecule has 0 aliphatic heterocycles. The number of ketones is 2. The number of hydrogen-bond acceptors (Lipinski definition) is 12. The lowest BCUT2D eigenvalue weighted by Crippen LogP contribution is -2.47. The minimum atomic E-state index is -1.99. The number of nitrogens with zero attached hydrogens (tertiary/aromatic N) is 3. The van der Waals surface area contributed by atoms with Crippen molar-refractivity contribution >= 4 is 23.2 Å². The first-order valence-electron chi connectivity index (χ1n) is 10.7. The van der Waals surface area contributed by atoms with Gasteiger partial charge in [-0.2, -0.15) is 0 Å². The van der Waals surface area contributed by atoms with E-state index in [1.54, 1.807) is 24.3 Å². The van der Waals surface area contributed by atoms with Gasteiger partial charge in [-0.1, -0.05) is 11.6 Å². The van der Waals surface area contributed by atoms with Crippen LogP contribution in [0.25, 0.3) is 0 Å².